The van der Waals surface area contributed by atoms with Gasteiger partial charge in [-0.25, -0.2) is 9.59 Å². The van der Waals surface area contributed by atoms with Crippen molar-refractivity contribution < 1.29 is 24.2 Å². The topological polar surface area (TPSA) is 131 Å². The van der Waals surface area contributed by atoms with Crippen molar-refractivity contribution in [1.29, 1.82) is 0 Å². The fraction of sp³-hybridized carbons (Fsp3) is 0.700. The molecule has 2 unspecified atom stereocenters. The summed E-state index contributed by atoms with van der Waals surface area (Å²) >= 11 is 1.50. The molecule has 0 heterocycles. The van der Waals surface area contributed by atoms with E-state index in [1.165, 1.54) is 11.8 Å². The van der Waals surface area contributed by atoms with E-state index in [9.17, 15) is 14.4 Å². The highest BCUT2D eigenvalue weighted by Crippen LogP contribution is 2.01. The van der Waals surface area contributed by atoms with E-state index in [4.69, 9.17) is 10.8 Å². The van der Waals surface area contributed by atoms with Crippen LogP contribution in [-0.4, -0.2) is 60.8 Å². The monoisotopic (exact) mass is 293 g/mol. The molecule has 0 aliphatic carbocycles. The first-order valence-electron chi connectivity index (χ1n) is 5.50. The molecule has 2 atom stereocenters. The Morgan fingerprint density at radius 2 is 1.95 bits per heavy atom. The minimum absolute atomic E-state index is 0.356. The van der Waals surface area contributed by atoms with Crippen LogP contribution in [0.2, 0.25) is 0 Å². The zero-order chi connectivity index (χ0) is 14.8. The molecule has 9 heteroatoms. The summed E-state index contributed by atoms with van der Waals surface area (Å²) in [6, 6.07) is -2.85. The van der Waals surface area contributed by atoms with Gasteiger partial charge in [0.15, 0.2) is 6.04 Å². The predicted molar refractivity (Wildman–Crippen MR) is 70.5 cm³/mol. The Morgan fingerprint density at radius 1 is 1.32 bits per heavy atom. The summed E-state index contributed by atoms with van der Waals surface area (Å²) in [4.78, 5) is 33.9. The number of primary amides is 1. The molecule has 0 bridgehead atoms. The molecule has 0 aliphatic heterocycles. The molecule has 0 aromatic heterocycles. The van der Waals surface area contributed by atoms with Gasteiger partial charge in [-0.15, -0.1) is 0 Å². The molecular weight excluding hydrogens is 274 g/mol. The molecule has 0 saturated heterocycles. The van der Waals surface area contributed by atoms with Crippen molar-refractivity contribution in [3.8, 4) is 0 Å². The first-order valence-corrected chi connectivity index (χ1v) is 6.89. The highest BCUT2D eigenvalue weighted by Gasteiger charge is 2.26. The van der Waals surface area contributed by atoms with Crippen molar-refractivity contribution in [2.45, 2.75) is 18.5 Å². The number of amides is 3. The summed E-state index contributed by atoms with van der Waals surface area (Å²) in [5.41, 5.74) is 4.97. The lowest BCUT2D eigenvalue weighted by Gasteiger charge is -2.20. The van der Waals surface area contributed by atoms with Gasteiger partial charge in [0, 0.05) is 0 Å². The average molecular weight is 293 g/mol. The third-order valence-corrected chi connectivity index (χ3v) is 2.87. The van der Waals surface area contributed by atoms with Gasteiger partial charge in [-0.3, -0.25) is 4.79 Å². The molecule has 0 aromatic carbocycles. The van der Waals surface area contributed by atoms with E-state index in [1.807, 2.05) is 6.26 Å². The van der Waals surface area contributed by atoms with Gasteiger partial charge < -0.3 is 26.2 Å². The van der Waals surface area contributed by atoms with Crippen LogP contribution in [-0.2, 0) is 14.3 Å². The number of aliphatic hydroxyl groups is 1. The van der Waals surface area contributed by atoms with E-state index in [-0.39, 0.29) is 0 Å². The molecule has 0 radical (unpaired) electrons. The number of hydrogen-bond acceptors (Lipinski definition) is 6. The Balaban J connectivity index is 4.59. The summed E-state index contributed by atoms with van der Waals surface area (Å²) in [6.45, 7) is -0.593. The van der Waals surface area contributed by atoms with Crippen LogP contribution in [0.1, 0.15) is 6.42 Å². The van der Waals surface area contributed by atoms with Gasteiger partial charge in [0.2, 0.25) is 5.91 Å². The zero-order valence-corrected chi connectivity index (χ0v) is 11.7. The van der Waals surface area contributed by atoms with Gasteiger partial charge in [0.1, 0.15) is 6.04 Å². The summed E-state index contributed by atoms with van der Waals surface area (Å²) in [6.07, 6.45) is 2.21. The van der Waals surface area contributed by atoms with Gasteiger partial charge >= 0.3 is 12.0 Å². The SMILES string of the molecule is COC(=O)C(CO)NC(=O)C(CCSC)NC(N)=O. The quantitative estimate of drug-likeness (QED) is 0.400. The number of ether oxygens (including phenoxy) is 1. The number of esters is 1. The molecule has 0 aliphatic rings. The summed E-state index contributed by atoms with van der Waals surface area (Å²) in [7, 11) is 1.14. The van der Waals surface area contributed by atoms with E-state index >= 15 is 0 Å². The van der Waals surface area contributed by atoms with Gasteiger partial charge in [0.05, 0.1) is 13.7 Å². The number of urea groups is 1. The minimum Gasteiger partial charge on any atom is -0.467 e. The Labute approximate surface area is 115 Å². The van der Waals surface area contributed by atoms with E-state index in [2.05, 4.69) is 15.4 Å². The molecule has 0 aromatic rings. The molecule has 0 rings (SSSR count). The molecule has 5 N–H and O–H groups in total. The normalized spacial score (nSPS) is 13.2. The fourth-order valence-corrected chi connectivity index (χ4v) is 1.74. The lowest BCUT2D eigenvalue weighted by atomic mass is 10.2. The predicted octanol–water partition coefficient (Wildman–Crippen LogP) is -1.57. The number of nitrogens with one attached hydrogen (secondary N) is 2. The summed E-state index contributed by atoms with van der Waals surface area (Å²) < 4.78 is 4.42. The second-order valence-corrected chi connectivity index (χ2v) is 4.60. The van der Waals surface area contributed by atoms with Crippen molar-refractivity contribution in [2.75, 3.05) is 25.7 Å². The Morgan fingerprint density at radius 3 is 2.37 bits per heavy atom. The molecule has 0 saturated carbocycles. The van der Waals surface area contributed by atoms with E-state index < -0.39 is 36.6 Å². The second kappa shape index (κ2) is 9.45. The van der Waals surface area contributed by atoms with E-state index in [1.54, 1.807) is 0 Å². The smallest absolute Gasteiger partial charge is 0.330 e. The lowest BCUT2D eigenvalue weighted by molar-refractivity contribution is -0.146. The van der Waals surface area contributed by atoms with Crippen molar-refractivity contribution in [3.05, 3.63) is 0 Å². The van der Waals surface area contributed by atoms with Crippen LogP contribution in [0.4, 0.5) is 4.79 Å². The molecule has 19 heavy (non-hydrogen) atoms. The number of methoxy groups -OCH3 is 1. The van der Waals surface area contributed by atoms with Crippen LogP contribution in [0.15, 0.2) is 0 Å². The molecule has 110 valence electrons. The van der Waals surface area contributed by atoms with Gasteiger partial charge in [-0.2, -0.15) is 11.8 Å². The molecule has 8 nitrogen and oxygen atoms in total. The fourth-order valence-electron chi connectivity index (χ4n) is 1.27. The minimum atomic E-state index is -1.16. The molecule has 3 amide bonds. The zero-order valence-electron chi connectivity index (χ0n) is 10.8. The molecule has 0 fully saturated rings. The summed E-state index contributed by atoms with van der Waals surface area (Å²) in [5.74, 6) is -0.740. The number of hydrogen-bond donors (Lipinski definition) is 4. The van der Waals surface area contributed by atoms with E-state index in [0.29, 0.717) is 12.2 Å². The van der Waals surface area contributed by atoms with Crippen molar-refractivity contribution >= 4 is 29.7 Å². The van der Waals surface area contributed by atoms with Gasteiger partial charge in [-0.05, 0) is 18.4 Å². The van der Waals surface area contributed by atoms with Crippen molar-refractivity contribution in [1.82, 2.24) is 10.6 Å². The lowest BCUT2D eigenvalue weighted by Crippen LogP contribution is -2.54. The number of aliphatic hydroxyl groups excluding tert-OH is 1. The number of nitrogens with two attached hydrogens (primary N) is 1. The van der Waals surface area contributed by atoms with E-state index in [0.717, 1.165) is 7.11 Å². The third-order valence-electron chi connectivity index (χ3n) is 2.23. The maximum Gasteiger partial charge on any atom is 0.330 e. The van der Waals surface area contributed by atoms with Crippen LogP contribution in [0, 0.1) is 0 Å². The van der Waals surface area contributed by atoms with Crippen LogP contribution >= 0.6 is 11.8 Å². The number of carbonyl (C=O) groups is 3. The largest absolute Gasteiger partial charge is 0.467 e. The highest BCUT2D eigenvalue weighted by molar-refractivity contribution is 7.98. The third kappa shape index (κ3) is 6.87. The van der Waals surface area contributed by atoms with Crippen molar-refractivity contribution in [2.24, 2.45) is 5.73 Å². The Hall–Kier alpha value is -1.48. The van der Waals surface area contributed by atoms with Gasteiger partial charge in [0.25, 0.3) is 0 Å². The number of thioether (sulfide) groups is 1. The molecule has 0 spiro atoms. The molecular formula is C10H19N3O5S. The van der Waals surface area contributed by atoms with Crippen LogP contribution in [0.25, 0.3) is 0 Å². The number of carbonyl (C=O) groups excluding carboxylic acids is 3. The van der Waals surface area contributed by atoms with Crippen LogP contribution in [0.5, 0.6) is 0 Å². The first kappa shape index (κ1) is 17.5. The van der Waals surface area contributed by atoms with Gasteiger partial charge in [-0.1, -0.05) is 0 Å². The highest BCUT2D eigenvalue weighted by atomic mass is 32.2. The van der Waals surface area contributed by atoms with Crippen molar-refractivity contribution in [3.63, 3.8) is 0 Å². The Kier molecular flexibility index (Phi) is 8.71. The standard InChI is InChI=1S/C10H19N3O5S/c1-18-9(16)7(5-14)12-8(15)6(3-4-19-2)13-10(11)17/h6-7,14H,3-5H2,1-2H3,(H,12,15)(H3,11,13,17). The summed E-state index contributed by atoms with van der Waals surface area (Å²) in [5, 5.41) is 13.6. The number of rotatable bonds is 8. The maximum absolute atomic E-state index is 11.9. The second-order valence-electron chi connectivity index (χ2n) is 3.61. The van der Waals surface area contributed by atoms with Crippen LogP contribution < -0.4 is 16.4 Å². The average Bonchev–Trinajstić information content (AvgIpc) is 2.39. The first-order chi connectivity index (χ1) is 8.96. The Bertz CT molecular complexity index is 326. The van der Waals surface area contributed by atoms with Crippen LogP contribution in [0.3, 0.4) is 0 Å². The maximum atomic E-state index is 11.9.